The molecule has 1 aromatic carbocycles. The van der Waals surface area contributed by atoms with Crippen LogP contribution in [0.15, 0.2) is 36.7 Å². The zero-order valence-corrected chi connectivity index (χ0v) is 18.5. The first-order chi connectivity index (χ1) is 14.9. The number of rotatable bonds is 4. The molecule has 1 fully saturated rings. The minimum atomic E-state index is -4.54. The number of nitrogens with zero attached hydrogens (tertiary/aromatic N) is 3. The topological polar surface area (TPSA) is 97.0 Å². The van der Waals surface area contributed by atoms with Crippen LogP contribution in [0.25, 0.3) is 10.4 Å². The lowest BCUT2D eigenvalue weighted by Gasteiger charge is -2.38. The van der Waals surface area contributed by atoms with Gasteiger partial charge in [0.2, 0.25) is 5.95 Å². The van der Waals surface area contributed by atoms with E-state index in [-0.39, 0.29) is 11.5 Å². The molecule has 2 heterocycles. The van der Waals surface area contributed by atoms with Gasteiger partial charge in [-0.25, -0.2) is 15.0 Å². The molecular weight excluding hydrogens is 439 g/mol. The number of aryl methyl sites for hydroxylation is 1. The average Bonchev–Trinajstić information content (AvgIpc) is 3.21. The second-order valence-corrected chi connectivity index (χ2v) is 9.72. The standard InChI is InChI=1S/C22H24F3N5OS/c1-13-9-14(11-15(10-13)29-19-27-8-3-17(30-19)22(23,24)25)16-12-28-18(32-16)21(31)6-4-20(2,26)5-7-21/h3,8-12,31H,4-7,26H2,1-2H3,(H,27,29,30). The third-order valence-corrected chi connectivity index (χ3v) is 6.93. The van der Waals surface area contributed by atoms with Crippen molar-refractivity contribution >= 4 is 23.0 Å². The molecule has 3 aromatic rings. The number of benzene rings is 1. The number of hydrogen-bond acceptors (Lipinski definition) is 7. The number of anilines is 2. The number of thiazole rings is 1. The monoisotopic (exact) mass is 463 g/mol. The lowest BCUT2D eigenvalue weighted by Crippen LogP contribution is -2.45. The van der Waals surface area contributed by atoms with Crippen LogP contribution < -0.4 is 11.1 Å². The number of hydrogen-bond donors (Lipinski definition) is 3. The molecule has 170 valence electrons. The van der Waals surface area contributed by atoms with Gasteiger partial charge in [-0.1, -0.05) is 6.07 Å². The van der Waals surface area contributed by atoms with Crippen molar-refractivity contribution in [2.75, 3.05) is 5.32 Å². The Labute approximate surface area is 187 Å². The van der Waals surface area contributed by atoms with Gasteiger partial charge in [0, 0.05) is 23.6 Å². The molecule has 0 atom stereocenters. The lowest BCUT2D eigenvalue weighted by atomic mass is 9.76. The summed E-state index contributed by atoms with van der Waals surface area (Å²) in [6.45, 7) is 3.88. The van der Waals surface area contributed by atoms with Gasteiger partial charge >= 0.3 is 6.18 Å². The van der Waals surface area contributed by atoms with Gasteiger partial charge < -0.3 is 16.2 Å². The highest BCUT2D eigenvalue weighted by molar-refractivity contribution is 7.15. The molecule has 0 aliphatic heterocycles. The molecule has 32 heavy (non-hydrogen) atoms. The largest absolute Gasteiger partial charge is 0.433 e. The van der Waals surface area contributed by atoms with E-state index in [4.69, 9.17) is 5.73 Å². The van der Waals surface area contributed by atoms with E-state index in [2.05, 4.69) is 20.3 Å². The van der Waals surface area contributed by atoms with Gasteiger partial charge in [-0.3, -0.25) is 0 Å². The summed E-state index contributed by atoms with van der Waals surface area (Å²) in [4.78, 5) is 12.8. The summed E-state index contributed by atoms with van der Waals surface area (Å²) in [6, 6.07) is 6.38. The van der Waals surface area contributed by atoms with E-state index in [9.17, 15) is 18.3 Å². The molecular formula is C22H24F3N5OS. The van der Waals surface area contributed by atoms with Crippen molar-refractivity contribution in [2.45, 2.75) is 56.8 Å². The van der Waals surface area contributed by atoms with Crippen molar-refractivity contribution in [3.05, 3.63) is 52.9 Å². The fraction of sp³-hybridized carbons (Fsp3) is 0.409. The van der Waals surface area contributed by atoms with Gasteiger partial charge in [0.05, 0.1) is 4.88 Å². The van der Waals surface area contributed by atoms with Gasteiger partial charge in [-0.2, -0.15) is 13.2 Å². The van der Waals surface area contributed by atoms with Crippen LogP contribution in [0.2, 0.25) is 0 Å². The molecule has 0 amide bonds. The van der Waals surface area contributed by atoms with Crippen LogP contribution in [0.4, 0.5) is 24.8 Å². The van der Waals surface area contributed by atoms with Gasteiger partial charge in [-0.15, -0.1) is 11.3 Å². The second kappa shape index (κ2) is 8.09. The molecule has 1 aliphatic carbocycles. The molecule has 2 aromatic heterocycles. The molecule has 0 bridgehead atoms. The SMILES string of the molecule is Cc1cc(Nc2nccc(C(F)(F)F)n2)cc(-c2cnc(C3(O)CCC(C)(N)CC3)s2)c1. The molecule has 1 aliphatic rings. The Balaban J connectivity index is 1.58. The zero-order valence-electron chi connectivity index (χ0n) is 17.7. The summed E-state index contributed by atoms with van der Waals surface area (Å²) in [6.07, 6.45) is 0.786. The number of nitrogens with two attached hydrogens (primary N) is 1. The van der Waals surface area contributed by atoms with E-state index in [1.54, 1.807) is 18.3 Å². The van der Waals surface area contributed by atoms with Gasteiger partial charge in [0.1, 0.15) is 16.3 Å². The molecule has 6 nitrogen and oxygen atoms in total. The Morgan fingerprint density at radius 2 is 1.84 bits per heavy atom. The van der Waals surface area contributed by atoms with E-state index in [0.29, 0.717) is 36.4 Å². The minimum absolute atomic E-state index is 0.136. The lowest BCUT2D eigenvalue weighted by molar-refractivity contribution is -0.141. The Bertz CT molecular complexity index is 1120. The third-order valence-electron chi connectivity index (χ3n) is 5.69. The molecule has 0 radical (unpaired) electrons. The molecule has 1 saturated carbocycles. The van der Waals surface area contributed by atoms with Crippen molar-refractivity contribution in [1.82, 2.24) is 15.0 Å². The van der Waals surface area contributed by atoms with Crippen LogP contribution in [0.1, 0.15) is 48.9 Å². The Hall–Kier alpha value is -2.56. The summed E-state index contributed by atoms with van der Waals surface area (Å²) in [5, 5.41) is 14.6. The highest BCUT2D eigenvalue weighted by Crippen LogP contribution is 2.43. The summed E-state index contributed by atoms with van der Waals surface area (Å²) in [5.74, 6) is -0.136. The van der Waals surface area contributed by atoms with E-state index in [1.165, 1.54) is 11.3 Å². The molecule has 0 unspecified atom stereocenters. The second-order valence-electron chi connectivity index (χ2n) is 8.69. The molecule has 4 rings (SSSR count). The van der Waals surface area contributed by atoms with Crippen molar-refractivity contribution < 1.29 is 18.3 Å². The summed E-state index contributed by atoms with van der Waals surface area (Å²) in [5.41, 5.74) is 6.23. The maximum absolute atomic E-state index is 12.9. The van der Waals surface area contributed by atoms with E-state index < -0.39 is 17.5 Å². The number of aromatic nitrogens is 3. The summed E-state index contributed by atoms with van der Waals surface area (Å²) in [7, 11) is 0. The number of nitrogens with one attached hydrogen (secondary N) is 1. The van der Waals surface area contributed by atoms with Crippen molar-refractivity contribution in [3.8, 4) is 10.4 Å². The fourth-order valence-electron chi connectivity index (χ4n) is 3.77. The first-order valence-corrected chi connectivity index (χ1v) is 11.0. The first-order valence-electron chi connectivity index (χ1n) is 10.2. The highest BCUT2D eigenvalue weighted by Gasteiger charge is 2.40. The molecule has 10 heteroatoms. The van der Waals surface area contributed by atoms with Crippen LogP contribution in [0.3, 0.4) is 0 Å². The number of aliphatic hydroxyl groups is 1. The van der Waals surface area contributed by atoms with E-state index >= 15 is 0 Å². The Morgan fingerprint density at radius 1 is 1.12 bits per heavy atom. The summed E-state index contributed by atoms with van der Waals surface area (Å²) < 4.78 is 38.8. The minimum Gasteiger partial charge on any atom is -0.383 e. The zero-order chi connectivity index (χ0) is 23.1. The quantitative estimate of drug-likeness (QED) is 0.495. The van der Waals surface area contributed by atoms with Crippen LogP contribution in [-0.4, -0.2) is 25.6 Å². The maximum atomic E-state index is 12.9. The fourth-order valence-corrected chi connectivity index (χ4v) is 4.82. The third kappa shape index (κ3) is 4.92. The average molecular weight is 464 g/mol. The van der Waals surface area contributed by atoms with Crippen LogP contribution in [0.5, 0.6) is 0 Å². The van der Waals surface area contributed by atoms with Gasteiger partial charge in [-0.05, 0) is 68.9 Å². The van der Waals surface area contributed by atoms with Crippen LogP contribution >= 0.6 is 11.3 Å². The molecule has 4 N–H and O–H groups in total. The summed E-state index contributed by atoms with van der Waals surface area (Å²) >= 11 is 1.41. The first kappa shape index (κ1) is 22.6. The van der Waals surface area contributed by atoms with Crippen molar-refractivity contribution in [2.24, 2.45) is 5.73 Å². The highest BCUT2D eigenvalue weighted by atomic mass is 32.1. The molecule has 0 saturated heterocycles. The van der Waals surface area contributed by atoms with Crippen LogP contribution in [0, 0.1) is 6.92 Å². The van der Waals surface area contributed by atoms with Gasteiger partial charge in [0.15, 0.2) is 0 Å². The van der Waals surface area contributed by atoms with E-state index in [0.717, 1.165) is 28.3 Å². The normalized spacial score (nSPS) is 23.8. The maximum Gasteiger partial charge on any atom is 0.433 e. The predicted octanol–water partition coefficient (Wildman–Crippen LogP) is 5.15. The van der Waals surface area contributed by atoms with Crippen LogP contribution in [-0.2, 0) is 11.8 Å². The van der Waals surface area contributed by atoms with Crippen molar-refractivity contribution in [1.29, 1.82) is 0 Å². The Morgan fingerprint density at radius 3 is 2.53 bits per heavy atom. The molecule has 0 spiro atoms. The van der Waals surface area contributed by atoms with Gasteiger partial charge in [0.25, 0.3) is 0 Å². The Kier molecular flexibility index (Phi) is 5.72. The predicted molar refractivity (Wildman–Crippen MR) is 118 cm³/mol. The smallest absolute Gasteiger partial charge is 0.383 e. The van der Waals surface area contributed by atoms with E-state index in [1.807, 2.05) is 19.9 Å². The number of halogens is 3. The van der Waals surface area contributed by atoms with Crippen molar-refractivity contribution in [3.63, 3.8) is 0 Å². The number of alkyl halides is 3.